The van der Waals surface area contributed by atoms with Crippen LogP contribution in [0.4, 0.5) is 5.82 Å². The molecule has 8 nitrogen and oxygen atoms in total. The molecule has 3 aromatic heterocycles. The lowest BCUT2D eigenvalue weighted by atomic mass is 10.1. The van der Waals surface area contributed by atoms with Gasteiger partial charge in [0.2, 0.25) is 5.91 Å². The number of nitrogens with zero attached hydrogens (tertiary/aromatic N) is 5. The maximum atomic E-state index is 12.5. The molecule has 0 bridgehead atoms. The summed E-state index contributed by atoms with van der Waals surface area (Å²) in [5.74, 6) is 1.70. The van der Waals surface area contributed by atoms with Gasteiger partial charge in [0.15, 0.2) is 11.6 Å². The normalized spacial score (nSPS) is 13.6. The van der Waals surface area contributed by atoms with Crippen molar-refractivity contribution >= 4 is 35.0 Å². The zero-order chi connectivity index (χ0) is 24.2. The van der Waals surface area contributed by atoms with Gasteiger partial charge in [-0.25, -0.2) is 4.68 Å². The van der Waals surface area contributed by atoms with Crippen molar-refractivity contribution in [3.8, 4) is 5.82 Å². The van der Waals surface area contributed by atoms with Crippen LogP contribution >= 0.6 is 12.4 Å². The molecule has 5 rings (SSSR count). The van der Waals surface area contributed by atoms with E-state index in [1.165, 1.54) is 30.2 Å². The van der Waals surface area contributed by atoms with Gasteiger partial charge in [-0.05, 0) is 75.3 Å². The molecular weight excluding hydrogens is 474 g/mol. The van der Waals surface area contributed by atoms with Gasteiger partial charge in [-0.2, -0.15) is 5.10 Å². The molecule has 1 aromatic carbocycles. The van der Waals surface area contributed by atoms with Crippen molar-refractivity contribution in [2.75, 3.05) is 24.5 Å². The zero-order valence-electron chi connectivity index (χ0n) is 21.0. The number of aromatic nitrogens is 5. The number of rotatable bonds is 8. The number of benzene rings is 1. The fraction of sp³-hybridized carbons (Fsp3) is 0.407. The largest absolute Gasteiger partial charge is 0.361 e. The van der Waals surface area contributed by atoms with Crippen molar-refractivity contribution < 1.29 is 4.79 Å². The second kappa shape index (κ2) is 11.6. The van der Waals surface area contributed by atoms with E-state index in [1.54, 1.807) is 0 Å². The maximum absolute atomic E-state index is 12.5. The Hall–Kier alpha value is -3.39. The molecule has 4 heterocycles. The Labute approximate surface area is 217 Å². The first-order chi connectivity index (χ1) is 17.1. The van der Waals surface area contributed by atoms with E-state index in [0.717, 1.165) is 47.8 Å². The summed E-state index contributed by atoms with van der Waals surface area (Å²) in [4.78, 5) is 18.1. The number of carbonyl (C=O) groups is 1. The van der Waals surface area contributed by atoms with E-state index in [1.807, 2.05) is 49.0 Å². The number of amides is 1. The maximum Gasteiger partial charge on any atom is 0.220 e. The van der Waals surface area contributed by atoms with E-state index in [-0.39, 0.29) is 18.3 Å². The number of para-hydroxylation sites is 1. The Bertz CT molecular complexity index is 1310. The zero-order valence-corrected chi connectivity index (χ0v) is 21.8. The number of anilines is 1. The van der Waals surface area contributed by atoms with Crippen LogP contribution in [0.3, 0.4) is 0 Å². The topological polar surface area (TPSA) is 91.7 Å². The Morgan fingerprint density at radius 3 is 2.53 bits per heavy atom. The Balaban J connectivity index is 0.00000304. The van der Waals surface area contributed by atoms with Gasteiger partial charge in [0.1, 0.15) is 0 Å². The van der Waals surface area contributed by atoms with Gasteiger partial charge in [0, 0.05) is 48.8 Å². The molecule has 1 aliphatic rings. The number of H-pyrrole nitrogens is 1. The molecule has 0 radical (unpaired) electrons. The average molecular weight is 508 g/mol. The number of hydrogen-bond donors (Lipinski definition) is 2. The highest BCUT2D eigenvalue weighted by molar-refractivity contribution is 5.85. The average Bonchev–Trinajstić information content (AvgIpc) is 3.43. The molecule has 1 amide bonds. The van der Waals surface area contributed by atoms with Gasteiger partial charge >= 0.3 is 0 Å². The molecule has 0 aliphatic carbocycles. The highest BCUT2D eigenvalue weighted by Crippen LogP contribution is 2.21. The fourth-order valence-corrected chi connectivity index (χ4v) is 4.98. The summed E-state index contributed by atoms with van der Waals surface area (Å²) in [7, 11) is 0. The molecule has 2 N–H and O–H groups in total. The van der Waals surface area contributed by atoms with Crippen LogP contribution in [0.2, 0.25) is 0 Å². The number of piperidine rings is 1. The van der Waals surface area contributed by atoms with Crippen molar-refractivity contribution in [3.05, 3.63) is 65.1 Å². The summed E-state index contributed by atoms with van der Waals surface area (Å²) in [6, 6.07) is 12.3. The fourth-order valence-electron chi connectivity index (χ4n) is 4.98. The quantitative estimate of drug-likeness (QED) is 0.367. The first kappa shape index (κ1) is 25.7. The van der Waals surface area contributed by atoms with Crippen LogP contribution in [-0.4, -0.2) is 50.5 Å². The summed E-state index contributed by atoms with van der Waals surface area (Å²) < 4.78 is 1.84. The van der Waals surface area contributed by atoms with E-state index in [9.17, 15) is 4.79 Å². The molecule has 1 aliphatic heterocycles. The number of hydrogen-bond acceptors (Lipinski definition) is 5. The van der Waals surface area contributed by atoms with Crippen molar-refractivity contribution in [1.29, 1.82) is 0 Å². The van der Waals surface area contributed by atoms with E-state index in [2.05, 4.69) is 37.5 Å². The van der Waals surface area contributed by atoms with Crippen LogP contribution in [0.5, 0.6) is 0 Å². The molecule has 0 atom stereocenters. The highest BCUT2D eigenvalue weighted by Gasteiger charge is 2.17. The van der Waals surface area contributed by atoms with Crippen molar-refractivity contribution in [2.45, 2.75) is 52.4 Å². The van der Waals surface area contributed by atoms with Crippen LogP contribution in [0.15, 0.2) is 42.6 Å². The predicted molar refractivity (Wildman–Crippen MR) is 145 cm³/mol. The van der Waals surface area contributed by atoms with Gasteiger partial charge in [-0.15, -0.1) is 22.6 Å². The number of aryl methyl sites for hydroxylation is 1. The Morgan fingerprint density at radius 1 is 1.00 bits per heavy atom. The first-order valence-corrected chi connectivity index (χ1v) is 12.6. The lowest BCUT2D eigenvalue weighted by Crippen LogP contribution is -2.30. The van der Waals surface area contributed by atoms with E-state index >= 15 is 0 Å². The second-order valence-corrected chi connectivity index (χ2v) is 9.32. The third kappa shape index (κ3) is 5.54. The van der Waals surface area contributed by atoms with Crippen LogP contribution in [0.25, 0.3) is 16.7 Å². The molecular formula is C27H34ClN7O. The highest BCUT2D eigenvalue weighted by atomic mass is 35.5. The molecule has 1 fully saturated rings. The Kier molecular flexibility index (Phi) is 8.25. The number of nitrogens with one attached hydrogen (secondary N) is 2. The van der Waals surface area contributed by atoms with Gasteiger partial charge < -0.3 is 15.2 Å². The van der Waals surface area contributed by atoms with Crippen LogP contribution in [0.1, 0.15) is 48.2 Å². The van der Waals surface area contributed by atoms with E-state index < -0.39 is 0 Å². The number of carbonyl (C=O) groups excluding carboxylic acids is 1. The summed E-state index contributed by atoms with van der Waals surface area (Å²) in [5, 5.41) is 17.9. The minimum Gasteiger partial charge on any atom is -0.361 e. The minimum absolute atomic E-state index is 0. The molecule has 190 valence electrons. The van der Waals surface area contributed by atoms with Crippen molar-refractivity contribution in [2.24, 2.45) is 0 Å². The molecule has 36 heavy (non-hydrogen) atoms. The second-order valence-electron chi connectivity index (χ2n) is 9.32. The number of fused-ring (bicyclic) bond motifs is 1. The molecule has 1 saturated heterocycles. The van der Waals surface area contributed by atoms with Crippen LogP contribution in [0, 0.1) is 13.8 Å². The van der Waals surface area contributed by atoms with Crippen LogP contribution < -0.4 is 10.2 Å². The number of halogens is 1. The van der Waals surface area contributed by atoms with Gasteiger partial charge in [-0.1, -0.05) is 18.2 Å². The van der Waals surface area contributed by atoms with Gasteiger partial charge in [-0.3, -0.25) is 4.79 Å². The Morgan fingerprint density at radius 2 is 1.75 bits per heavy atom. The summed E-state index contributed by atoms with van der Waals surface area (Å²) in [6.07, 6.45) is 7.62. The molecule has 0 unspecified atom stereocenters. The third-order valence-electron chi connectivity index (χ3n) is 6.97. The lowest BCUT2D eigenvalue weighted by molar-refractivity contribution is -0.121. The molecule has 0 spiro atoms. The summed E-state index contributed by atoms with van der Waals surface area (Å²) in [5.41, 5.74) is 5.38. The van der Waals surface area contributed by atoms with Crippen molar-refractivity contribution in [1.82, 2.24) is 30.3 Å². The summed E-state index contributed by atoms with van der Waals surface area (Å²) in [6.45, 7) is 6.73. The first-order valence-electron chi connectivity index (χ1n) is 12.6. The van der Waals surface area contributed by atoms with E-state index in [0.29, 0.717) is 25.2 Å². The van der Waals surface area contributed by atoms with Gasteiger partial charge in [0.05, 0.1) is 5.69 Å². The smallest absolute Gasteiger partial charge is 0.220 e. The minimum atomic E-state index is 0. The predicted octanol–water partition coefficient (Wildman–Crippen LogP) is 4.46. The molecule has 9 heteroatoms. The summed E-state index contributed by atoms with van der Waals surface area (Å²) >= 11 is 0. The SMILES string of the molecule is Cc1nn(-c2ccc(N3CCCCC3)nn2)c(C)c1CCC(=O)NCCc1c[nH]c2ccccc12.Cl. The lowest BCUT2D eigenvalue weighted by Gasteiger charge is -2.27. The van der Waals surface area contributed by atoms with E-state index in [4.69, 9.17) is 5.10 Å². The van der Waals surface area contributed by atoms with Crippen LogP contribution in [-0.2, 0) is 17.6 Å². The number of aromatic amines is 1. The molecule has 4 aromatic rings. The third-order valence-corrected chi connectivity index (χ3v) is 6.97. The van der Waals surface area contributed by atoms with Crippen molar-refractivity contribution in [3.63, 3.8) is 0 Å². The monoisotopic (exact) mass is 507 g/mol. The van der Waals surface area contributed by atoms with Gasteiger partial charge in [0.25, 0.3) is 0 Å². The molecule has 0 saturated carbocycles. The standard InChI is InChI=1S/C27H33N7O.ClH/c1-19-22(10-13-27(35)28-15-14-21-18-29-24-9-5-4-8-23(21)24)20(2)34(32-19)26-12-11-25(30-31-26)33-16-6-3-7-17-33;/h4-5,8-9,11-12,18,29H,3,6-7,10,13-17H2,1-2H3,(H,28,35);1H.